The lowest BCUT2D eigenvalue weighted by atomic mass is 10.1. The Morgan fingerprint density at radius 3 is 2.67 bits per heavy atom. The Labute approximate surface area is 210 Å². The van der Waals surface area contributed by atoms with Gasteiger partial charge in [0.2, 0.25) is 0 Å². The zero-order valence-corrected chi connectivity index (χ0v) is 20.7. The fourth-order valence-electron chi connectivity index (χ4n) is 4.21. The number of morpholine rings is 1. The predicted octanol–water partition coefficient (Wildman–Crippen LogP) is 4.88. The molecule has 1 aliphatic rings. The molecule has 9 heteroatoms. The molecule has 186 valence electrons. The summed E-state index contributed by atoms with van der Waals surface area (Å²) >= 11 is 0. The second-order valence-corrected chi connectivity index (χ2v) is 8.76. The van der Waals surface area contributed by atoms with Gasteiger partial charge in [0.1, 0.15) is 5.82 Å². The maximum atomic E-state index is 5.57. The highest BCUT2D eigenvalue weighted by atomic mass is 16.5. The Hall–Kier alpha value is -3.82. The van der Waals surface area contributed by atoms with Gasteiger partial charge in [-0.05, 0) is 24.6 Å². The van der Waals surface area contributed by atoms with Gasteiger partial charge in [0, 0.05) is 50.1 Å². The molecule has 0 spiro atoms. The number of nitrogens with one attached hydrogen (secondary N) is 1. The van der Waals surface area contributed by atoms with Crippen molar-refractivity contribution in [3.63, 3.8) is 0 Å². The second-order valence-electron chi connectivity index (χ2n) is 8.76. The van der Waals surface area contributed by atoms with Crippen molar-refractivity contribution in [2.75, 3.05) is 56.8 Å². The predicted molar refractivity (Wildman–Crippen MR) is 141 cm³/mol. The Bertz CT molecular complexity index is 1330. The van der Waals surface area contributed by atoms with Crippen molar-refractivity contribution in [2.24, 2.45) is 10.2 Å². The SMILES string of the molecule is COCCNc1ccc(-c2cc3nc(N=NCc4cccc(C)c4)cc(N4CCOCC4)n3n2)cc1. The van der Waals surface area contributed by atoms with E-state index in [1.165, 1.54) is 5.56 Å². The first-order valence-corrected chi connectivity index (χ1v) is 12.2. The van der Waals surface area contributed by atoms with E-state index in [2.05, 4.69) is 69.8 Å². The quantitative estimate of drug-likeness (QED) is 0.268. The number of fused-ring (bicyclic) bond motifs is 1. The second kappa shape index (κ2) is 11.3. The smallest absolute Gasteiger partial charge is 0.179 e. The summed E-state index contributed by atoms with van der Waals surface area (Å²) in [5, 5.41) is 17.1. The molecule has 0 radical (unpaired) electrons. The number of azo groups is 1. The van der Waals surface area contributed by atoms with Gasteiger partial charge < -0.3 is 19.7 Å². The highest BCUT2D eigenvalue weighted by Crippen LogP contribution is 2.27. The molecule has 5 rings (SSSR count). The van der Waals surface area contributed by atoms with Crippen LogP contribution in [0.4, 0.5) is 17.3 Å². The molecule has 1 N–H and O–H groups in total. The lowest BCUT2D eigenvalue weighted by Crippen LogP contribution is -2.37. The van der Waals surface area contributed by atoms with Gasteiger partial charge in [0.25, 0.3) is 0 Å². The van der Waals surface area contributed by atoms with Crippen LogP contribution in [-0.4, -0.2) is 61.2 Å². The molecular weight excluding hydrogens is 454 g/mol. The van der Waals surface area contributed by atoms with Gasteiger partial charge in [0.05, 0.1) is 32.1 Å². The fourth-order valence-corrected chi connectivity index (χ4v) is 4.21. The molecule has 2 aromatic heterocycles. The van der Waals surface area contributed by atoms with E-state index in [1.54, 1.807) is 7.11 Å². The van der Waals surface area contributed by atoms with Crippen molar-refractivity contribution < 1.29 is 9.47 Å². The maximum Gasteiger partial charge on any atom is 0.179 e. The minimum Gasteiger partial charge on any atom is -0.383 e. The normalized spacial score (nSPS) is 14.1. The van der Waals surface area contributed by atoms with Crippen LogP contribution in [0.1, 0.15) is 11.1 Å². The standard InChI is InChI=1S/C27H31N7O2/c1-20-4-3-5-21(16-20)19-29-31-25-18-27(33-11-14-36-15-12-33)34-26(30-25)17-24(32-34)22-6-8-23(9-7-22)28-10-13-35-2/h3-9,16-18,28H,10-15,19H2,1-2H3. The summed E-state index contributed by atoms with van der Waals surface area (Å²) in [7, 11) is 1.70. The summed E-state index contributed by atoms with van der Waals surface area (Å²) in [6, 6.07) is 20.5. The van der Waals surface area contributed by atoms with Crippen LogP contribution in [0.5, 0.6) is 0 Å². The van der Waals surface area contributed by atoms with Gasteiger partial charge in [-0.2, -0.15) is 14.7 Å². The lowest BCUT2D eigenvalue weighted by molar-refractivity contribution is 0.122. The summed E-state index contributed by atoms with van der Waals surface area (Å²) in [5.41, 5.74) is 5.99. The molecule has 0 bridgehead atoms. The summed E-state index contributed by atoms with van der Waals surface area (Å²) in [4.78, 5) is 7.01. The van der Waals surface area contributed by atoms with Crippen molar-refractivity contribution in [3.8, 4) is 11.3 Å². The van der Waals surface area contributed by atoms with E-state index in [0.29, 0.717) is 32.2 Å². The lowest BCUT2D eigenvalue weighted by Gasteiger charge is -2.28. The average Bonchev–Trinajstić information content (AvgIpc) is 3.34. The molecule has 0 unspecified atom stereocenters. The topological polar surface area (TPSA) is 88.6 Å². The van der Waals surface area contributed by atoms with Gasteiger partial charge >= 0.3 is 0 Å². The van der Waals surface area contributed by atoms with E-state index < -0.39 is 0 Å². The largest absolute Gasteiger partial charge is 0.383 e. The number of nitrogens with zero attached hydrogens (tertiary/aromatic N) is 6. The minimum atomic E-state index is 0.511. The first-order valence-electron chi connectivity index (χ1n) is 12.2. The van der Waals surface area contributed by atoms with Crippen molar-refractivity contribution in [1.82, 2.24) is 14.6 Å². The third-order valence-corrected chi connectivity index (χ3v) is 6.05. The molecule has 9 nitrogen and oxygen atoms in total. The van der Waals surface area contributed by atoms with E-state index in [0.717, 1.165) is 53.6 Å². The Morgan fingerprint density at radius 1 is 1.06 bits per heavy atom. The number of ether oxygens (including phenoxy) is 2. The van der Waals surface area contributed by atoms with Crippen LogP contribution < -0.4 is 10.2 Å². The molecule has 1 saturated heterocycles. The van der Waals surface area contributed by atoms with Crippen LogP contribution in [-0.2, 0) is 16.0 Å². The number of aromatic nitrogens is 3. The number of hydrogen-bond acceptors (Lipinski definition) is 8. The Morgan fingerprint density at radius 2 is 1.89 bits per heavy atom. The zero-order valence-electron chi connectivity index (χ0n) is 20.7. The molecule has 0 amide bonds. The molecule has 4 aromatic rings. The third kappa shape index (κ3) is 5.69. The van der Waals surface area contributed by atoms with Crippen LogP contribution in [0, 0.1) is 6.92 Å². The van der Waals surface area contributed by atoms with Crippen LogP contribution in [0.2, 0.25) is 0 Å². The van der Waals surface area contributed by atoms with Crippen molar-refractivity contribution in [2.45, 2.75) is 13.5 Å². The summed E-state index contributed by atoms with van der Waals surface area (Å²) in [6.45, 7) is 6.95. The Kier molecular flexibility index (Phi) is 7.49. The van der Waals surface area contributed by atoms with Gasteiger partial charge in [-0.25, -0.2) is 4.98 Å². The average molecular weight is 486 g/mol. The van der Waals surface area contributed by atoms with Crippen LogP contribution >= 0.6 is 0 Å². The number of benzene rings is 2. The molecule has 36 heavy (non-hydrogen) atoms. The maximum absolute atomic E-state index is 5.57. The van der Waals surface area contributed by atoms with Gasteiger partial charge in [-0.15, -0.1) is 5.11 Å². The monoisotopic (exact) mass is 485 g/mol. The number of aryl methyl sites for hydroxylation is 1. The van der Waals surface area contributed by atoms with Crippen molar-refractivity contribution in [3.05, 3.63) is 71.8 Å². The van der Waals surface area contributed by atoms with E-state index in [9.17, 15) is 0 Å². The first kappa shape index (κ1) is 23.9. The molecule has 0 saturated carbocycles. The highest BCUT2D eigenvalue weighted by molar-refractivity contribution is 5.69. The summed E-state index contributed by atoms with van der Waals surface area (Å²) < 4.78 is 12.6. The minimum absolute atomic E-state index is 0.511. The van der Waals surface area contributed by atoms with Gasteiger partial charge in [0.15, 0.2) is 11.5 Å². The molecule has 0 aliphatic carbocycles. The molecule has 1 fully saturated rings. The van der Waals surface area contributed by atoms with Gasteiger partial charge in [-0.1, -0.05) is 42.0 Å². The number of hydrogen-bond donors (Lipinski definition) is 1. The number of rotatable bonds is 9. The van der Waals surface area contributed by atoms with Crippen LogP contribution in [0.15, 0.2) is 70.9 Å². The molecule has 2 aromatic carbocycles. The molecule has 1 aliphatic heterocycles. The van der Waals surface area contributed by atoms with E-state index in [-0.39, 0.29) is 0 Å². The van der Waals surface area contributed by atoms with Gasteiger partial charge in [-0.3, -0.25) is 0 Å². The molecular formula is C27H31N7O2. The number of anilines is 2. The van der Waals surface area contributed by atoms with Crippen molar-refractivity contribution in [1.29, 1.82) is 0 Å². The summed E-state index contributed by atoms with van der Waals surface area (Å²) in [5.74, 6) is 1.51. The number of methoxy groups -OCH3 is 1. The van der Waals surface area contributed by atoms with Crippen LogP contribution in [0.3, 0.4) is 0 Å². The zero-order chi connectivity index (χ0) is 24.7. The molecule has 3 heterocycles. The first-order chi connectivity index (χ1) is 17.7. The van der Waals surface area contributed by atoms with E-state index >= 15 is 0 Å². The molecule has 0 atom stereocenters. The van der Waals surface area contributed by atoms with E-state index in [1.807, 2.05) is 22.7 Å². The fraction of sp³-hybridized carbons (Fsp3) is 0.333. The van der Waals surface area contributed by atoms with Crippen LogP contribution in [0.25, 0.3) is 16.9 Å². The van der Waals surface area contributed by atoms with E-state index in [4.69, 9.17) is 19.6 Å². The highest BCUT2D eigenvalue weighted by Gasteiger charge is 2.18. The Balaban J connectivity index is 1.43. The third-order valence-electron chi connectivity index (χ3n) is 6.05. The summed E-state index contributed by atoms with van der Waals surface area (Å²) in [6.07, 6.45) is 0. The van der Waals surface area contributed by atoms with Crippen molar-refractivity contribution >= 4 is 23.0 Å².